The first-order chi connectivity index (χ1) is 7.27. The Morgan fingerprint density at radius 1 is 1.40 bits per heavy atom. The molecular weight excluding hydrogens is 258 g/mol. The summed E-state index contributed by atoms with van der Waals surface area (Å²) >= 11 is 3.33. The third-order valence-corrected chi connectivity index (χ3v) is 2.31. The molecule has 80 valence electrons. The molecule has 0 N–H and O–H groups in total. The number of ether oxygens (including phenoxy) is 2. The maximum absolute atomic E-state index is 8.84. The Bertz CT molecular complexity index is 360. The van der Waals surface area contributed by atoms with Crippen LogP contribution >= 0.6 is 15.9 Å². The number of nitriles is 1. The molecule has 0 fully saturated rings. The van der Waals surface area contributed by atoms with Gasteiger partial charge in [0, 0.05) is 24.6 Å². The van der Waals surface area contributed by atoms with Gasteiger partial charge >= 0.3 is 0 Å². The topological polar surface area (TPSA) is 42.2 Å². The van der Waals surface area contributed by atoms with Crippen molar-refractivity contribution in [2.45, 2.75) is 6.42 Å². The molecule has 0 aliphatic carbocycles. The second kappa shape index (κ2) is 6.44. The van der Waals surface area contributed by atoms with Gasteiger partial charge in [0.05, 0.1) is 12.2 Å². The van der Waals surface area contributed by atoms with Crippen LogP contribution in [-0.4, -0.2) is 20.3 Å². The van der Waals surface area contributed by atoms with Gasteiger partial charge in [-0.1, -0.05) is 15.9 Å². The van der Waals surface area contributed by atoms with Crippen LogP contribution in [0.4, 0.5) is 0 Å². The molecule has 0 aromatic heterocycles. The number of halogens is 1. The van der Waals surface area contributed by atoms with Gasteiger partial charge in [0.1, 0.15) is 11.8 Å². The van der Waals surface area contributed by atoms with Gasteiger partial charge in [0.2, 0.25) is 0 Å². The van der Waals surface area contributed by atoms with Crippen LogP contribution in [0.3, 0.4) is 0 Å². The van der Waals surface area contributed by atoms with Crippen LogP contribution < -0.4 is 4.74 Å². The smallest absolute Gasteiger partial charge is 0.138 e. The molecule has 0 aliphatic heterocycles. The third kappa shape index (κ3) is 3.90. The molecule has 0 saturated carbocycles. The highest BCUT2D eigenvalue weighted by molar-refractivity contribution is 9.10. The molecule has 1 rings (SSSR count). The quantitative estimate of drug-likeness (QED) is 0.772. The van der Waals surface area contributed by atoms with E-state index in [0.717, 1.165) is 10.9 Å². The lowest BCUT2D eigenvalue weighted by molar-refractivity contribution is 0.172. The van der Waals surface area contributed by atoms with Gasteiger partial charge in [-0.2, -0.15) is 5.26 Å². The van der Waals surface area contributed by atoms with Crippen molar-refractivity contribution < 1.29 is 9.47 Å². The predicted octanol–water partition coefficient (Wildman–Crippen LogP) is 2.74. The summed E-state index contributed by atoms with van der Waals surface area (Å²) in [5, 5.41) is 8.84. The minimum absolute atomic E-state index is 0.551. The zero-order valence-electron chi connectivity index (χ0n) is 8.50. The van der Waals surface area contributed by atoms with Gasteiger partial charge < -0.3 is 9.47 Å². The number of methoxy groups -OCH3 is 1. The van der Waals surface area contributed by atoms with Gasteiger partial charge in [-0.05, 0) is 18.2 Å². The fraction of sp³-hybridized carbons (Fsp3) is 0.364. The lowest BCUT2D eigenvalue weighted by Gasteiger charge is -2.07. The van der Waals surface area contributed by atoms with Gasteiger partial charge in [-0.3, -0.25) is 0 Å². The van der Waals surface area contributed by atoms with Crippen molar-refractivity contribution in [3.05, 3.63) is 28.2 Å². The highest BCUT2D eigenvalue weighted by Crippen LogP contribution is 2.23. The molecule has 0 atom stereocenters. The number of benzene rings is 1. The summed E-state index contributed by atoms with van der Waals surface area (Å²) in [7, 11) is 1.65. The summed E-state index contributed by atoms with van der Waals surface area (Å²) in [6, 6.07) is 7.44. The molecule has 3 nitrogen and oxygen atoms in total. The van der Waals surface area contributed by atoms with Gasteiger partial charge in [-0.15, -0.1) is 0 Å². The summed E-state index contributed by atoms with van der Waals surface area (Å²) in [6.45, 7) is 1.22. The molecular formula is C11H12BrNO2. The Morgan fingerprint density at radius 2 is 2.20 bits per heavy atom. The first-order valence-electron chi connectivity index (χ1n) is 4.59. The maximum Gasteiger partial charge on any atom is 0.138 e. The molecule has 0 heterocycles. The van der Waals surface area contributed by atoms with Crippen LogP contribution in [0.2, 0.25) is 0 Å². The van der Waals surface area contributed by atoms with Gasteiger partial charge in [0.25, 0.3) is 0 Å². The second-order valence-corrected chi connectivity index (χ2v) is 3.86. The van der Waals surface area contributed by atoms with E-state index >= 15 is 0 Å². The lowest BCUT2D eigenvalue weighted by atomic mass is 10.2. The standard InChI is InChI=1S/C11H12BrNO2/c1-14-5-2-6-15-11-7-10(12)4-3-9(11)8-13/h3-4,7H,2,5-6H2,1H3. The highest BCUT2D eigenvalue weighted by Gasteiger charge is 2.03. The zero-order chi connectivity index (χ0) is 11.1. The van der Waals surface area contributed by atoms with Crippen molar-refractivity contribution in [2.75, 3.05) is 20.3 Å². The molecule has 4 heteroatoms. The SMILES string of the molecule is COCCCOc1cc(Br)ccc1C#N. The molecule has 0 unspecified atom stereocenters. The van der Waals surface area contributed by atoms with Crippen LogP contribution in [0.5, 0.6) is 5.75 Å². The van der Waals surface area contributed by atoms with E-state index in [1.807, 2.05) is 6.07 Å². The van der Waals surface area contributed by atoms with Crippen LogP contribution in [0, 0.1) is 11.3 Å². The molecule has 0 saturated heterocycles. The predicted molar refractivity (Wildman–Crippen MR) is 60.8 cm³/mol. The van der Waals surface area contributed by atoms with E-state index in [4.69, 9.17) is 14.7 Å². The summed E-state index contributed by atoms with van der Waals surface area (Å²) in [4.78, 5) is 0. The fourth-order valence-electron chi connectivity index (χ4n) is 1.09. The molecule has 15 heavy (non-hydrogen) atoms. The Kier molecular flexibility index (Phi) is 5.16. The van der Waals surface area contributed by atoms with E-state index < -0.39 is 0 Å². The highest BCUT2D eigenvalue weighted by atomic mass is 79.9. The van der Waals surface area contributed by atoms with E-state index in [-0.39, 0.29) is 0 Å². The molecule has 0 spiro atoms. The van der Waals surface area contributed by atoms with Gasteiger partial charge in [0.15, 0.2) is 0 Å². The monoisotopic (exact) mass is 269 g/mol. The minimum Gasteiger partial charge on any atom is -0.492 e. The van der Waals surface area contributed by atoms with E-state index in [1.165, 1.54) is 0 Å². The normalized spacial score (nSPS) is 9.67. The van der Waals surface area contributed by atoms with Crippen molar-refractivity contribution in [1.82, 2.24) is 0 Å². The van der Waals surface area contributed by atoms with Crippen molar-refractivity contribution in [3.63, 3.8) is 0 Å². The van der Waals surface area contributed by atoms with Crippen molar-refractivity contribution >= 4 is 15.9 Å². The van der Waals surface area contributed by atoms with E-state index in [0.29, 0.717) is 24.5 Å². The Labute approximate surface area is 97.7 Å². The molecule has 0 bridgehead atoms. The lowest BCUT2D eigenvalue weighted by Crippen LogP contribution is -2.02. The summed E-state index contributed by atoms with van der Waals surface area (Å²) in [6.07, 6.45) is 0.813. The van der Waals surface area contributed by atoms with Crippen LogP contribution in [0.25, 0.3) is 0 Å². The van der Waals surface area contributed by atoms with Crippen molar-refractivity contribution in [1.29, 1.82) is 5.26 Å². The molecule has 0 amide bonds. The zero-order valence-corrected chi connectivity index (χ0v) is 10.1. The summed E-state index contributed by atoms with van der Waals surface area (Å²) in [5.41, 5.74) is 0.551. The third-order valence-electron chi connectivity index (χ3n) is 1.81. The molecule has 1 aromatic rings. The van der Waals surface area contributed by atoms with Crippen LogP contribution in [0.1, 0.15) is 12.0 Å². The largest absolute Gasteiger partial charge is 0.492 e. The van der Waals surface area contributed by atoms with E-state index in [2.05, 4.69) is 22.0 Å². The molecule has 0 radical (unpaired) electrons. The van der Waals surface area contributed by atoms with E-state index in [1.54, 1.807) is 19.2 Å². The molecule has 0 aliphatic rings. The Hall–Kier alpha value is -1.05. The van der Waals surface area contributed by atoms with Gasteiger partial charge in [-0.25, -0.2) is 0 Å². The summed E-state index contributed by atoms with van der Waals surface area (Å²) < 4.78 is 11.3. The number of hydrogen-bond acceptors (Lipinski definition) is 3. The number of rotatable bonds is 5. The Morgan fingerprint density at radius 3 is 2.87 bits per heavy atom. The average molecular weight is 270 g/mol. The van der Waals surface area contributed by atoms with Crippen molar-refractivity contribution in [2.24, 2.45) is 0 Å². The first-order valence-corrected chi connectivity index (χ1v) is 5.38. The second-order valence-electron chi connectivity index (χ2n) is 2.95. The van der Waals surface area contributed by atoms with Crippen molar-refractivity contribution in [3.8, 4) is 11.8 Å². The number of hydrogen-bond donors (Lipinski definition) is 0. The fourth-order valence-corrected chi connectivity index (χ4v) is 1.43. The average Bonchev–Trinajstić information content (AvgIpc) is 2.25. The van der Waals surface area contributed by atoms with E-state index in [9.17, 15) is 0 Å². The van der Waals surface area contributed by atoms with Crippen LogP contribution in [0.15, 0.2) is 22.7 Å². The number of nitrogens with zero attached hydrogens (tertiary/aromatic N) is 1. The minimum atomic E-state index is 0.551. The van der Waals surface area contributed by atoms with Crippen LogP contribution in [-0.2, 0) is 4.74 Å². The summed E-state index contributed by atoms with van der Waals surface area (Å²) in [5.74, 6) is 0.614. The Balaban J connectivity index is 2.59. The maximum atomic E-state index is 8.84. The first kappa shape index (κ1) is 12.0. The molecule has 1 aromatic carbocycles.